The van der Waals surface area contributed by atoms with Crippen molar-refractivity contribution in [2.24, 2.45) is 5.73 Å². The summed E-state index contributed by atoms with van der Waals surface area (Å²) in [5.41, 5.74) is -2.15. The molecule has 0 spiro atoms. The number of nitrogens with zero attached hydrogens (tertiary/aromatic N) is 4. The first-order valence-corrected chi connectivity index (χ1v) is 23.8. The largest absolute Gasteiger partial charge is 0.509 e. The Balaban J connectivity index is 1.41. The number of nitrogens with two attached hydrogens (primary N) is 1. The van der Waals surface area contributed by atoms with Crippen LogP contribution in [0.1, 0.15) is 110 Å². The summed E-state index contributed by atoms with van der Waals surface area (Å²) in [6.45, 7) is 6.89. The highest BCUT2D eigenvalue weighted by Gasteiger charge is 2.54. The van der Waals surface area contributed by atoms with E-state index in [-0.39, 0.29) is 77.2 Å². The first kappa shape index (κ1) is 49.5. The summed E-state index contributed by atoms with van der Waals surface area (Å²) in [6.07, 6.45) is -0.424. The van der Waals surface area contributed by atoms with Crippen molar-refractivity contribution in [3.8, 4) is 11.5 Å². The van der Waals surface area contributed by atoms with E-state index >= 15 is 17.6 Å². The fraction of sp³-hybridized carbons (Fsp3) is 0.426. The van der Waals surface area contributed by atoms with Crippen molar-refractivity contribution >= 4 is 56.2 Å². The van der Waals surface area contributed by atoms with Crippen LogP contribution in [0.3, 0.4) is 0 Å². The second kappa shape index (κ2) is 16.0. The number of halogens is 4. The SMILES string of the molecule is CN(CCC(=O)ON1C(=O)CCC1=O)C(=O)c1c(F)c(F)c(F)c(F)c1C1=c2cc3c4c(c2Oc2c1cc1c5c2CCCN5C(C)(C)C(O)=C1C(N)(O)S(=O)(=O)O)CCC[N+]=4C(C)(C)C(O)=C3C(C)(O)O. The normalized spacial score (nSPS) is 19.8. The number of carbonyl (C=O) groups is 4. The molecule has 0 bridgehead atoms. The number of carbonyl (C=O) groups excluding carboxylic acids is 4. The molecule has 6 heterocycles. The number of benzene rings is 3. The maximum absolute atomic E-state index is 17.4. The first-order valence-electron chi connectivity index (χ1n) is 22.4. The summed E-state index contributed by atoms with van der Waals surface area (Å²) >= 11 is 0. The van der Waals surface area contributed by atoms with Gasteiger partial charge in [-0.2, -0.15) is 8.42 Å². The molecule has 19 nitrogen and oxygen atoms in total. The summed E-state index contributed by atoms with van der Waals surface area (Å²) in [5.74, 6) is -18.2. The molecule has 3 amide bonds. The topological polar surface area (TPSA) is 281 Å². The minimum absolute atomic E-state index is 0.0467. The average Bonchev–Trinajstić information content (AvgIpc) is 3.60. The Hall–Kier alpha value is -6.44. The molecule has 6 aliphatic rings. The molecule has 9 rings (SSSR count). The molecule has 0 aromatic heterocycles. The predicted molar refractivity (Wildman–Crippen MR) is 240 cm³/mol. The lowest BCUT2D eigenvalue weighted by Gasteiger charge is -2.50. The van der Waals surface area contributed by atoms with Gasteiger partial charge in [0.1, 0.15) is 23.8 Å². The Kier molecular flexibility index (Phi) is 11.2. The third-order valence-corrected chi connectivity index (χ3v) is 15.3. The lowest BCUT2D eigenvalue weighted by atomic mass is 9.76. The van der Waals surface area contributed by atoms with Crippen molar-refractivity contribution in [3.63, 3.8) is 0 Å². The number of aliphatic hydroxyl groups is 5. The van der Waals surface area contributed by atoms with E-state index in [9.17, 15) is 57.7 Å². The van der Waals surface area contributed by atoms with Gasteiger partial charge in [-0.1, -0.05) is 0 Å². The second-order valence-corrected chi connectivity index (χ2v) is 21.1. The number of imide groups is 1. The second-order valence-electron chi connectivity index (χ2n) is 19.5. The van der Waals surface area contributed by atoms with Crippen molar-refractivity contribution in [2.75, 3.05) is 31.6 Å². The predicted octanol–water partition coefficient (Wildman–Crippen LogP) is 2.17. The summed E-state index contributed by atoms with van der Waals surface area (Å²) in [6, 6.07) is 2.19. The number of anilines is 1. The van der Waals surface area contributed by atoms with E-state index in [1.807, 2.05) is 0 Å². The van der Waals surface area contributed by atoms with Gasteiger partial charge >= 0.3 is 16.1 Å². The van der Waals surface area contributed by atoms with Crippen LogP contribution in [0.2, 0.25) is 0 Å². The van der Waals surface area contributed by atoms with Crippen LogP contribution in [-0.2, 0) is 42.2 Å². The number of rotatable bonds is 9. The van der Waals surface area contributed by atoms with Gasteiger partial charge in [-0.15, -0.1) is 5.06 Å². The van der Waals surface area contributed by atoms with Crippen LogP contribution < -0.4 is 30.5 Å². The van der Waals surface area contributed by atoms with Crippen molar-refractivity contribution in [2.45, 2.75) is 101 Å². The van der Waals surface area contributed by atoms with Gasteiger partial charge in [0, 0.05) is 86.3 Å². The van der Waals surface area contributed by atoms with E-state index in [0.717, 1.165) is 20.0 Å². The lowest BCUT2D eigenvalue weighted by molar-refractivity contribution is -0.197. The van der Waals surface area contributed by atoms with E-state index in [0.29, 0.717) is 28.8 Å². The third-order valence-electron chi connectivity index (χ3n) is 14.3. The molecule has 1 atom stereocenters. The standard InChI is InChI=1S/C47H47F4N5O14S/c1-44(2)41(60)31(46(5,63)64)23-17-21-28(29-30(34(49)36(51)35(50)33(29)48)43(62)53(6)16-13-27(59)70-56-25(57)11-12-26(56)58)22-18-24-32(47(52,65)71(66,67)68)42(61)45(3,4)55-15-8-10-20(38(24)55)40(22)69-39(21)19-9-7-14-54(44)37(19)23/h17-18,63-65H,7-16,52H2,1-6H3,(H2-,60,61,62,66,67,68)/p+1. The Morgan fingerprint density at radius 2 is 1.49 bits per heavy atom. The molecular formula is C47H48F4N5O14S+. The fourth-order valence-electron chi connectivity index (χ4n) is 10.7. The quantitative estimate of drug-likeness (QED) is 0.0241. The van der Waals surface area contributed by atoms with Crippen LogP contribution in [0.15, 0.2) is 23.7 Å². The van der Waals surface area contributed by atoms with Gasteiger partial charge in [0.05, 0.1) is 45.5 Å². The molecule has 0 aliphatic carbocycles. The minimum Gasteiger partial charge on any atom is -0.509 e. The van der Waals surface area contributed by atoms with Gasteiger partial charge in [0.25, 0.3) is 22.8 Å². The summed E-state index contributed by atoms with van der Waals surface area (Å²) in [7, 11) is -4.77. The fourth-order valence-corrected chi connectivity index (χ4v) is 11.2. The molecule has 24 heteroatoms. The average molecular weight is 1010 g/mol. The van der Waals surface area contributed by atoms with Crippen LogP contribution >= 0.6 is 0 Å². The summed E-state index contributed by atoms with van der Waals surface area (Å²) < 4.78 is 111. The monoisotopic (exact) mass is 1010 g/mol. The van der Waals surface area contributed by atoms with Crippen molar-refractivity contribution in [1.82, 2.24) is 14.5 Å². The maximum atomic E-state index is 17.4. The van der Waals surface area contributed by atoms with Crippen LogP contribution in [0.5, 0.6) is 11.5 Å². The molecule has 0 radical (unpaired) electrons. The molecule has 71 heavy (non-hydrogen) atoms. The Morgan fingerprint density at radius 1 is 0.873 bits per heavy atom. The Bertz CT molecular complexity index is 3330. The highest BCUT2D eigenvalue weighted by Crippen LogP contribution is 2.56. The highest BCUT2D eigenvalue weighted by atomic mass is 32.2. The van der Waals surface area contributed by atoms with E-state index in [1.165, 1.54) is 19.9 Å². The smallest absolute Gasteiger partial charge is 0.334 e. The van der Waals surface area contributed by atoms with Gasteiger partial charge < -0.3 is 44.9 Å². The molecule has 3 aromatic carbocycles. The van der Waals surface area contributed by atoms with Gasteiger partial charge in [0.2, 0.25) is 10.9 Å². The van der Waals surface area contributed by atoms with Gasteiger partial charge in [-0.05, 0) is 52.2 Å². The molecule has 6 aliphatic heterocycles. The number of hydroxylamine groups is 2. The molecular weight excluding hydrogens is 967 g/mol. The zero-order valence-electron chi connectivity index (χ0n) is 39.0. The van der Waals surface area contributed by atoms with Crippen LogP contribution in [0, 0.1) is 23.3 Å². The maximum Gasteiger partial charge on any atom is 0.334 e. The molecule has 1 unspecified atom stereocenters. The molecule has 378 valence electrons. The summed E-state index contributed by atoms with van der Waals surface area (Å²) in [4.78, 5) is 58.8. The number of amides is 3. The first-order chi connectivity index (χ1) is 32.9. The lowest BCUT2D eigenvalue weighted by Crippen LogP contribution is -2.57. The van der Waals surface area contributed by atoms with Crippen molar-refractivity contribution in [1.29, 1.82) is 0 Å². The highest BCUT2D eigenvalue weighted by molar-refractivity contribution is 7.87. The van der Waals surface area contributed by atoms with E-state index in [2.05, 4.69) is 0 Å². The minimum atomic E-state index is -5.75. The number of ether oxygens (including phenoxy) is 1. The van der Waals surface area contributed by atoms with E-state index in [1.54, 1.807) is 23.3 Å². The van der Waals surface area contributed by atoms with E-state index in [4.69, 9.17) is 15.3 Å². The molecule has 0 saturated carbocycles. The van der Waals surface area contributed by atoms with Gasteiger partial charge in [-0.3, -0.25) is 24.7 Å². The van der Waals surface area contributed by atoms with Crippen LogP contribution in [-0.4, -0.2) is 121 Å². The van der Waals surface area contributed by atoms with Crippen LogP contribution in [0.4, 0.5) is 23.2 Å². The van der Waals surface area contributed by atoms with Crippen molar-refractivity contribution in [3.05, 3.63) is 96.4 Å². The van der Waals surface area contributed by atoms with Gasteiger partial charge in [-0.25, -0.2) is 26.9 Å². The Labute approximate surface area is 401 Å². The summed E-state index contributed by atoms with van der Waals surface area (Å²) in [5, 5.41) is 54.3. The zero-order chi connectivity index (χ0) is 52.1. The number of hydrogen-bond acceptors (Lipinski definition) is 15. The third kappa shape index (κ3) is 7.07. The number of aliphatic hydroxyl groups excluding tert-OH is 2. The van der Waals surface area contributed by atoms with Crippen molar-refractivity contribution < 1.29 is 84.8 Å². The van der Waals surface area contributed by atoms with E-state index < -0.39 is 142 Å². The molecule has 1 fully saturated rings. The van der Waals surface area contributed by atoms with Gasteiger partial charge in [0.15, 0.2) is 34.8 Å². The molecule has 1 saturated heterocycles. The molecule has 8 N–H and O–H groups in total. The Morgan fingerprint density at radius 3 is 2.11 bits per heavy atom. The number of fused-ring (bicyclic) bond motifs is 4. The van der Waals surface area contributed by atoms with Crippen LogP contribution in [0.25, 0.3) is 16.7 Å². The zero-order valence-corrected chi connectivity index (χ0v) is 39.8. The number of hydrogen-bond donors (Lipinski definition) is 7. The molecule has 3 aromatic rings.